The van der Waals surface area contributed by atoms with Gasteiger partial charge in [-0.3, -0.25) is 0 Å². The minimum Gasteiger partial charge on any atom is -0.242 e. The predicted octanol–water partition coefficient (Wildman–Crippen LogP) is 3.22. The summed E-state index contributed by atoms with van der Waals surface area (Å²) in [5.74, 6) is 3.13. The van der Waals surface area contributed by atoms with Crippen molar-refractivity contribution in [2.24, 2.45) is 17.8 Å². The van der Waals surface area contributed by atoms with Gasteiger partial charge in [-0.05, 0) is 56.3 Å². The monoisotopic (exact) mass is 194 g/mol. The maximum Gasteiger partial charge on any atom is 0.0133 e. The smallest absolute Gasteiger partial charge is 0.0133 e. The lowest BCUT2D eigenvalue weighted by atomic mass is 9.82. The summed E-state index contributed by atoms with van der Waals surface area (Å²) in [6.07, 6.45) is 10.2. The fraction of sp³-hybridized carbons (Fsp3) is 1.00. The van der Waals surface area contributed by atoms with Gasteiger partial charge in [-0.1, -0.05) is 13.3 Å². The van der Waals surface area contributed by atoms with Crippen LogP contribution < -0.4 is 5.32 Å². The van der Waals surface area contributed by atoms with E-state index in [1.54, 1.807) is 0 Å². The molecule has 2 aliphatic rings. The Hall–Kier alpha value is -0.0400. The second-order valence-corrected chi connectivity index (χ2v) is 5.39. The third-order valence-corrected chi connectivity index (χ3v) is 4.18. The van der Waals surface area contributed by atoms with Crippen molar-refractivity contribution in [3.63, 3.8) is 0 Å². The minimum atomic E-state index is 1.01. The van der Waals surface area contributed by atoms with Crippen molar-refractivity contribution in [1.82, 2.24) is 5.32 Å². The molecule has 1 radical (unpaired) electrons. The zero-order valence-electron chi connectivity index (χ0n) is 9.54. The van der Waals surface area contributed by atoms with Gasteiger partial charge in [0.2, 0.25) is 0 Å². The van der Waals surface area contributed by atoms with Gasteiger partial charge in [0.1, 0.15) is 0 Å². The highest BCUT2D eigenvalue weighted by Crippen LogP contribution is 2.39. The van der Waals surface area contributed by atoms with Gasteiger partial charge in [0.15, 0.2) is 0 Å². The van der Waals surface area contributed by atoms with Crippen LogP contribution in [0, 0.1) is 17.8 Å². The molecule has 14 heavy (non-hydrogen) atoms. The van der Waals surface area contributed by atoms with Crippen LogP contribution in [0.3, 0.4) is 0 Å². The molecule has 1 nitrogen and oxygen atoms in total. The first kappa shape index (κ1) is 10.5. The van der Waals surface area contributed by atoms with Crippen molar-refractivity contribution in [2.75, 3.05) is 13.1 Å². The topological polar surface area (TPSA) is 14.1 Å². The summed E-state index contributed by atoms with van der Waals surface area (Å²) in [5.41, 5.74) is 0. The van der Waals surface area contributed by atoms with Gasteiger partial charge in [-0.15, -0.1) is 0 Å². The lowest BCUT2D eigenvalue weighted by Crippen LogP contribution is -2.20. The number of hydrogen-bond acceptors (Lipinski definition) is 0. The molecular formula is C13H24N. The Balaban J connectivity index is 1.81. The normalized spacial score (nSPS) is 36.6. The second kappa shape index (κ2) is 5.16. The van der Waals surface area contributed by atoms with E-state index in [1.165, 1.54) is 44.9 Å². The van der Waals surface area contributed by atoms with Gasteiger partial charge < -0.3 is 0 Å². The van der Waals surface area contributed by atoms with E-state index in [9.17, 15) is 0 Å². The van der Waals surface area contributed by atoms with Crippen LogP contribution in [0.15, 0.2) is 0 Å². The number of hydrogen-bond donors (Lipinski definition) is 0. The van der Waals surface area contributed by atoms with Gasteiger partial charge in [-0.25, -0.2) is 5.32 Å². The van der Waals surface area contributed by atoms with Crippen molar-refractivity contribution in [3.8, 4) is 0 Å². The molecule has 1 heterocycles. The van der Waals surface area contributed by atoms with Crippen molar-refractivity contribution in [2.45, 2.75) is 51.9 Å². The summed E-state index contributed by atoms with van der Waals surface area (Å²) in [4.78, 5) is 0. The average molecular weight is 194 g/mol. The van der Waals surface area contributed by atoms with Gasteiger partial charge in [0, 0.05) is 13.1 Å². The van der Waals surface area contributed by atoms with E-state index in [1.807, 2.05) is 0 Å². The van der Waals surface area contributed by atoms with Crippen LogP contribution in [-0.2, 0) is 0 Å². The molecule has 2 rings (SSSR count). The standard InChI is InChI=1S/C13H24N/c1-11-6-7-13(10-11)12-4-2-8-14-9-3-5-12/h11-13H,2-10H2,1H3. The molecule has 0 bridgehead atoms. The summed E-state index contributed by atoms with van der Waals surface area (Å²) in [6.45, 7) is 4.70. The molecule has 81 valence electrons. The lowest BCUT2D eigenvalue weighted by Gasteiger charge is -2.25. The Labute approximate surface area is 88.7 Å². The molecule has 0 aromatic rings. The molecule has 1 saturated heterocycles. The number of rotatable bonds is 1. The summed E-state index contributed by atoms with van der Waals surface area (Å²) < 4.78 is 0. The SMILES string of the molecule is CC1CCC(C2CCC[N]CCC2)C1. The van der Waals surface area contributed by atoms with Gasteiger partial charge in [-0.2, -0.15) is 0 Å². The van der Waals surface area contributed by atoms with Crippen LogP contribution in [0.2, 0.25) is 0 Å². The molecule has 1 heteroatoms. The molecule has 2 atom stereocenters. The van der Waals surface area contributed by atoms with Crippen molar-refractivity contribution < 1.29 is 0 Å². The first-order chi connectivity index (χ1) is 6.86. The Bertz CT molecular complexity index is 159. The number of nitrogens with zero attached hydrogens (tertiary/aromatic N) is 1. The van der Waals surface area contributed by atoms with E-state index in [0.717, 1.165) is 30.8 Å². The zero-order chi connectivity index (χ0) is 9.80. The van der Waals surface area contributed by atoms with E-state index in [2.05, 4.69) is 12.2 Å². The van der Waals surface area contributed by atoms with Crippen LogP contribution in [0.5, 0.6) is 0 Å². The fourth-order valence-corrected chi connectivity index (χ4v) is 3.34. The third-order valence-electron chi connectivity index (χ3n) is 4.18. The highest BCUT2D eigenvalue weighted by Gasteiger charge is 2.28. The Morgan fingerprint density at radius 3 is 2.14 bits per heavy atom. The maximum atomic E-state index is 4.51. The highest BCUT2D eigenvalue weighted by atomic mass is 14.8. The zero-order valence-corrected chi connectivity index (χ0v) is 9.54. The molecule has 0 aromatic heterocycles. The van der Waals surface area contributed by atoms with Crippen LogP contribution in [0.4, 0.5) is 0 Å². The first-order valence-electron chi connectivity index (χ1n) is 6.49. The van der Waals surface area contributed by atoms with Crippen LogP contribution in [0.25, 0.3) is 0 Å². The summed E-state index contributed by atoms with van der Waals surface area (Å²) >= 11 is 0. The second-order valence-electron chi connectivity index (χ2n) is 5.39. The van der Waals surface area contributed by atoms with E-state index < -0.39 is 0 Å². The molecular weight excluding hydrogens is 170 g/mol. The Morgan fingerprint density at radius 1 is 0.857 bits per heavy atom. The van der Waals surface area contributed by atoms with Crippen molar-refractivity contribution >= 4 is 0 Å². The molecule has 1 aliphatic carbocycles. The Morgan fingerprint density at radius 2 is 1.57 bits per heavy atom. The first-order valence-corrected chi connectivity index (χ1v) is 6.49. The van der Waals surface area contributed by atoms with Gasteiger partial charge in [0.25, 0.3) is 0 Å². The van der Waals surface area contributed by atoms with Crippen molar-refractivity contribution in [1.29, 1.82) is 0 Å². The van der Waals surface area contributed by atoms with Gasteiger partial charge >= 0.3 is 0 Å². The molecule has 2 unspecified atom stereocenters. The quantitative estimate of drug-likeness (QED) is 0.608. The molecule has 1 aliphatic heterocycles. The van der Waals surface area contributed by atoms with Crippen LogP contribution >= 0.6 is 0 Å². The van der Waals surface area contributed by atoms with Gasteiger partial charge in [0.05, 0.1) is 0 Å². The molecule has 0 aromatic carbocycles. The van der Waals surface area contributed by atoms with E-state index >= 15 is 0 Å². The maximum absolute atomic E-state index is 4.51. The predicted molar refractivity (Wildman–Crippen MR) is 60.3 cm³/mol. The largest absolute Gasteiger partial charge is 0.242 e. The fourth-order valence-electron chi connectivity index (χ4n) is 3.34. The third kappa shape index (κ3) is 2.73. The molecule has 0 N–H and O–H groups in total. The van der Waals surface area contributed by atoms with Crippen LogP contribution in [0.1, 0.15) is 51.9 Å². The van der Waals surface area contributed by atoms with E-state index in [4.69, 9.17) is 0 Å². The lowest BCUT2D eigenvalue weighted by molar-refractivity contribution is 0.267. The van der Waals surface area contributed by atoms with E-state index in [0.29, 0.717) is 0 Å². The summed E-state index contributed by atoms with van der Waals surface area (Å²) in [7, 11) is 0. The molecule has 1 saturated carbocycles. The van der Waals surface area contributed by atoms with Crippen molar-refractivity contribution in [3.05, 3.63) is 0 Å². The summed E-state index contributed by atoms with van der Waals surface area (Å²) in [6, 6.07) is 0. The molecule has 0 amide bonds. The molecule has 2 fully saturated rings. The average Bonchev–Trinajstić information content (AvgIpc) is 2.51. The molecule has 0 spiro atoms. The van der Waals surface area contributed by atoms with E-state index in [-0.39, 0.29) is 0 Å². The minimum absolute atomic E-state index is 1.01. The Kier molecular flexibility index (Phi) is 3.86. The highest BCUT2D eigenvalue weighted by molar-refractivity contribution is 4.80. The summed E-state index contributed by atoms with van der Waals surface area (Å²) in [5, 5.41) is 4.51. The van der Waals surface area contributed by atoms with Crippen LogP contribution in [-0.4, -0.2) is 13.1 Å².